The summed E-state index contributed by atoms with van der Waals surface area (Å²) in [5, 5.41) is 9.13. The second-order valence-corrected chi connectivity index (χ2v) is 5.68. The lowest BCUT2D eigenvalue weighted by Crippen LogP contribution is -2.42. The van der Waals surface area contributed by atoms with Crippen LogP contribution in [-0.2, 0) is 14.3 Å². The highest BCUT2D eigenvalue weighted by Crippen LogP contribution is 2.53. The van der Waals surface area contributed by atoms with Crippen molar-refractivity contribution in [1.82, 2.24) is 4.90 Å². The predicted octanol–water partition coefficient (Wildman–Crippen LogP) is 0.733. The molecule has 1 amide bonds. The number of carboxylic acid groups (broad SMARTS) is 1. The van der Waals surface area contributed by atoms with Crippen LogP contribution in [0.3, 0.4) is 0 Å². The van der Waals surface area contributed by atoms with Gasteiger partial charge in [-0.05, 0) is 11.8 Å². The third-order valence-electron chi connectivity index (χ3n) is 3.98. The van der Waals surface area contributed by atoms with Crippen LogP contribution >= 0.6 is 0 Å². The molecule has 96 valence electrons. The first kappa shape index (κ1) is 12.4. The third kappa shape index (κ3) is 2.16. The predicted molar refractivity (Wildman–Crippen MR) is 60.4 cm³/mol. The van der Waals surface area contributed by atoms with Crippen LogP contribution < -0.4 is 0 Å². The van der Waals surface area contributed by atoms with Crippen molar-refractivity contribution in [3.8, 4) is 0 Å². The molecule has 5 nitrogen and oxygen atoms in total. The van der Waals surface area contributed by atoms with Crippen molar-refractivity contribution in [2.45, 2.75) is 38.8 Å². The molecule has 1 aliphatic heterocycles. The normalized spacial score (nSPS) is 34.8. The van der Waals surface area contributed by atoms with E-state index < -0.39 is 12.0 Å². The lowest BCUT2D eigenvalue weighted by molar-refractivity contribution is -0.149. The molecule has 0 aromatic rings. The van der Waals surface area contributed by atoms with Crippen LogP contribution in [0, 0.1) is 11.3 Å². The molecule has 17 heavy (non-hydrogen) atoms. The molecular formula is C12H19NO4. The van der Waals surface area contributed by atoms with Crippen molar-refractivity contribution < 1.29 is 19.4 Å². The molecule has 1 saturated carbocycles. The summed E-state index contributed by atoms with van der Waals surface area (Å²) in [6.07, 6.45) is 1.10. The largest absolute Gasteiger partial charge is 0.480 e. The summed E-state index contributed by atoms with van der Waals surface area (Å²) in [7, 11) is 1.55. The number of ether oxygens (including phenoxy) is 1. The van der Waals surface area contributed by atoms with Gasteiger partial charge in [0.15, 0.2) is 0 Å². The first-order valence-electron chi connectivity index (χ1n) is 5.93. The molecule has 1 heterocycles. The minimum atomic E-state index is -0.934. The molecule has 1 aliphatic carbocycles. The summed E-state index contributed by atoms with van der Waals surface area (Å²) in [6, 6.07) is -0.719. The standard InChI is InChI=1S/C12H19NO4/c1-12(2)5-8(12)10(14)13-6-7(17-3)4-9(13)11(15)16/h7-9H,4-6H2,1-3H3,(H,15,16). The molecule has 2 aliphatic rings. The van der Waals surface area contributed by atoms with Crippen LogP contribution in [0.15, 0.2) is 0 Å². The van der Waals surface area contributed by atoms with E-state index in [-0.39, 0.29) is 23.3 Å². The molecule has 1 N–H and O–H groups in total. The molecule has 0 radical (unpaired) electrons. The molecule has 3 atom stereocenters. The number of likely N-dealkylation sites (tertiary alicyclic amines) is 1. The number of amides is 1. The Morgan fingerprint density at radius 1 is 1.41 bits per heavy atom. The van der Waals surface area contributed by atoms with Gasteiger partial charge in [0.25, 0.3) is 0 Å². The Kier molecular flexibility index (Phi) is 2.89. The number of carbonyl (C=O) groups is 2. The highest BCUT2D eigenvalue weighted by molar-refractivity contribution is 5.88. The van der Waals surface area contributed by atoms with Gasteiger partial charge in [-0.1, -0.05) is 13.8 Å². The van der Waals surface area contributed by atoms with E-state index in [1.54, 1.807) is 7.11 Å². The van der Waals surface area contributed by atoms with Crippen molar-refractivity contribution in [2.24, 2.45) is 11.3 Å². The number of methoxy groups -OCH3 is 1. The Morgan fingerprint density at radius 3 is 2.41 bits per heavy atom. The quantitative estimate of drug-likeness (QED) is 0.791. The van der Waals surface area contributed by atoms with Crippen molar-refractivity contribution >= 4 is 11.9 Å². The van der Waals surface area contributed by atoms with E-state index in [1.807, 2.05) is 13.8 Å². The van der Waals surface area contributed by atoms with E-state index >= 15 is 0 Å². The monoisotopic (exact) mass is 241 g/mol. The fourth-order valence-electron chi connectivity index (χ4n) is 2.53. The number of carbonyl (C=O) groups excluding carboxylic acids is 1. The van der Waals surface area contributed by atoms with Gasteiger partial charge in [-0.25, -0.2) is 4.79 Å². The Labute approximate surface area is 101 Å². The Balaban J connectivity index is 2.08. The molecule has 2 rings (SSSR count). The molecule has 0 bridgehead atoms. The number of aliphatic carboxylic acids is 1. The zero-order chi connectivity index (χ0) is 12.8. The summed E-state index contributed by atoms with van der Waals surface area (Å²) < 4.78 is 5.17. The highest BCUT2D eigenvalue weighted by atomic mass is 16.5. The van der Waals surface area contributed by atoms with E-state index in [2.05, 4.69) is 0 Å². The maximum atomic E-state index is 12.2. The molecule has 0 aromatic carbocycles. The minimum absolute atomic E-state index is 0.0139. The van der Waals surface area contributed by atoms with Crippen molar-refractivity contribution in [2.75, 3.05) is 13.7 Å². The lowest BCUT2D eigenvalue weighted by Gasteiger charge is -2.22. The first-order chi connectivity index (χ1) is 7.86. The highest BCUT2D eigenvalue weighted by Gasteiger charge is 2.54. The van der Waals surface area contributed by atoms with Crippen LogP contribution in [0.25, 0.3) is 0 Å². The SMILES string of the molecule is COC1CC(C(=O)O)N(C(=O)C2CC2(C)C)C1. The summed E-state index contributed by atoms with van der Waals surface area (Å²) >= 11 is 0. The zero-order valence-electron chi connectivity index (χ0n) is 10.5. The van der Waals surface area contributed by atoms with Crippen LogP contribution in [0.4, 0.5) is 0 Å². The van der Waals surface area contributed by atoms with Crippen molar-refractivity contribution in [3.05, 3.63) is 0 Å². The molecule has 2 fully saturated rings. The van der Waals surface area contributed by atoms with Gasteiger partial charge in [0, 0.05) is 26.0 Å². The van der Waals surface area contributed by atoms with Crippen molar-refractivity contribution in [1.29, 1.82) is 0 Å². The fourth-order valence-corrected chi connectivity index (χ4v) is 2.53. The summed E-state index contributed by atoms with van der Waals surface area (Å²) in [6.45, 7) is 4.48. The molecule has 1 saturated heterocycles. The van der Waals surface area contributed by atoms with Gasteiger partial charge in [0.05, 0.1) is 6.10 Å². The fraction of sp³-hybridized carbons (Fsp3) is 0.833. The van der Waals surface area contributed by atoms with Gasteiger partial charge < -0.3 is 14.7 Å². The lowest BCUT2D eigenvalue weighted by atomic mass is 10.1. The first-order valence-corrected chi connectivity index (χ1v) is 5.93. The second kappa shape index (κ2) is 3.98. The number of hydrogen-bond donors (Lipinski definition) is 1. The summed E-state index contributed by atoms with van der Waals surface area (Å²) in [4.78, 5) is 24.8. The van der Waals surface area contributed by atoms with Gasteiger partial charge >= 0.3 is 5.97 Å². The maximum Gasteiger partial charge on any atom is 0.326 e. The topological polar surface area (TPSA) is 66.8 Å². The van der Waals surface area contributed by atoms with E-state index in [1.165, 1.54) is 4.90 Å². The maximum absolute atomic E-state index is 12.2. The summed E-state index contributed by atoms with van der Waals surface area (Å²) in [5.74, 6) is -0.974. The van der Waals surface area contributed by atoms with Crippen LogP contribution in [0.1, 0.15) is 26.7 Å². The van der Waals surface area contributed by atoms with Crippen molar-refractivity contribution in [3.63, 3.8) is 0 Å². The van der Waals surface area contributed by atoms with E-state index in [9.17, 15) is 9.59 Å². The van der Waals surface area contributed by atoms with Crippen LogP contribution in [0.5, 0.6) is 0 Å². The molecule has 5 heteroatoms. The van der Waals surface area contributed by atoms with E-state index in [0.29, 0.717) is 13.0 Å². The van der Waals surface area contributed by atoms with Crippen LogP contribution in [0.2, 0.25) is 0 Å². The van der Waals surface area contributed by atoms with Gasteiger partial charge in [0.1, 0.15) is 6.04 Å². The second-order valence-electron chi connectivity index (χ2n) is 5.68. The number of carboxylic acids is 1. The average Bonchev–Trinajstić information content (AvgIpc) is 2.74. The number of hydrogen-bond acceptors (Lipinski definition) is 3. The Bertz CT molecular complexity index is 352. The van der Waals surface area contributed by atoms with Gasteiger partial charge in [-0.15, -0.1) is 0 Å². The van der Waals surface area contributed by atoms with Gasteiger partial charge in [0.2, 0.25) is 5.91 Å². The molecular weight excluding hydrogens is 222 g/mol. The Hall–Kier alpha value is -1.10. The van der Waals surface area contributed by atoms with Crippen LogP contribution in [-0.4, -0.2) is 47.7 Å². The third-order valence-corrected chi connectivity index (χ3v) is 3.98. The minimum Gasteiger partial charge on any atom is -0.480 e. The van der Waals surface area contributed by atoms with Gasteiger partial charge in [-0.2, -0.15) is 0 Å². The summed E-state index contributed by atoms with van der Waals surface area (Å²) in [5.41, 5.74) is 0.0330. The smallest absolute Gasteiger partial charge is 0.326 e. The zero-order valence-corrected chi connectivity index (χ0v) is 10.5. The molecule has 0 aromatic heterocycles. The van der Waals surface area contributed by atoms with E-state index in [0.717, 1.165) is 6.42 Å². The van der Waals surface area contributed by atoms with E-state index in [4.69, 9.17) is 9.84 Å². The van der Waals surface area contributed by atoms with Gasteiger partial charge in [-0.3, -0.25) is 4.79 Å². The Morgan fingerprint density at radius 2 is 2.00 bits per heavy atom. The number of rotatable bonds is 3. The average molecular weight is 241 g/mol. The number of nitrogens with zero attached hydrogens (tertiary/aromatic N) is 1. The molecule has 3 unspecified atom stereocenters. The molecule has 0 spiro atoms.